The molecule has 1 aliphatic carbocycles. The van der Waals surface area contributed by atoms with Crippen LogP contribution in [0.3, 0.4) is 0 Å². The van der Waals surface area contributed by atoms with Gasteiger partial charge in [0.05, 0.1) is 17.4 Å². The van der Waals surface area contributed by atoms with Crippen molar-refractivity contribution >= 4 is 35.1 Å². The van der Waals surface area contributed by atoms with Gasteiger partial charge < -0.3 is 26.1 Å². The highest BCUT2D eigenvalue weighted by Gasteiger charge is 2.26. The summed E-state index contributed by atoms with van der Waals surface area (Å²) in [5, 5.41) is 9.60. The fourth-order valence-electron chi connectivity index (χ4n) is 3.73. The van der Waals surface area contributed by atoms with E-state index in [-0.39, 0.29) is 5.91 Å². The van der Waals surface area contributed by atoms with E-state index in [9.17, 15) is 9.59 Å². The molecule has 1 fully saturated rings. The van der Waals surface area contributed by atoms with E-state index >= 15 is 0 Å². The SMILES string of the molecule is C[C@@H](C(=O)NCCCC#Cc1cnc(Nc2ccc3c(c2)CNN3)nc1NC1CC1)N(C)C(=O)OC(C)(C)C. The molecule has 2 aromatic rings. The van der Waals surface area contributed by atoms with Gasteiger partial charge in [0.15, 0.2) is 0 Å². The Bertz CT molecular complexity index is 1260. The number of benzene rings is 1. The second-order valence-corrected chi connectivity index (χ2v) is 10.8. The normalized spacial score (nSPS) is 14.7. The number of hydrogen-bond acceptors (Lipinski definition) is 9. The van der Waals surface area contributed by atoms with E-state index in [4.69, 9.17) is 4.74 Å². The Hall–Kier alpha value is -4.04. The summed E-state index contributed by atoms with van der Waals surface area (Å²) in [5.41, 5.74) is 9.53. The first-order chi connectivity index (χ1) is 18.6. The number of nitrogens with one attached hydrogen (secondary N) is 5. The lowest BCUT2D eigenvalue weighted by molar-refractivity contribution is -0.125. The Labute approximate surface area is 229 Å². The van der Waals surface area contributed by atoms with Crippen molar-refractivity contribution in [2.24, 2.45) is 0 Å². The molecule has 1 aromatic carbocycles. The highest BCUT2D eigenvalue weighted by atomic mass is 16.6. The number of hydrazine groups is 1. The zero-order valence-corrected chi connectivity index (χ0v) is 23.3. The van der Waals surface area contributed by atoms with E-state index in [0.717, 1.165) is 42.1 Å². The minimum atomic E-state index is -0.642. The van der Waals surface area contributed by atoms with Crippen molar-refractivity contribution in [3.63, 3.8) is 0 Å². The van der Waals surface area contributed by atoms with Gasteiger partial charge >= 0.3 is 6.09 Å². The number of hydrogen-bond donors (Lipinski definition) is 5. The van der Waals surface area contributed by atoms with Crippen LogP contribution in [0.5, 0.6) is 0 Å². The van der Waals surface area contributed by atoms with Crippen molar-refractivity contribution in [3.8, 4) is 11.8 Å². The van der Waals surface area contributed by atoms with E-state index < -0.39 is 17.7 Å². The van der Waals surface area contributed by atoms with Crippen LogP contribution in [0.2, 0.25) is 0 Å². The van der Waals surface area contributed by atoms with Crippen LogP contribution in [-0.2, 0) is 16.1 Å². The Morgan fingerprint density at radius 1 is 1.28 bits per heavy atom. The predicted molar refractivity (Wildman–Crippen MR) is 151 cm³/mol. The van der Waals surface area contributed by atoms with E-state index in [2.05, 4.69) is 54.7 Å². The molecule has 2 amide bonds. The van der Waals surface area contributed by atoms with Crippen molar-refractivity contribution < 1.29 is 14.3 Å². The fourth-order valence-corrected chi connectivity index (χ4v) is 3.73. The standard InChI is InChI=1S/C28H38N8O3/c1-18(36(5)27(38)39-28(2,3)4)25(37)29-14-8-6-7-9-19-16-30-26(34-24(19)32-21-10-11-21)33-22-12-13-23-20(15-22)17-31-35-23/h12-13,15-16,18,21,31,35H,6,8,10-11,14,17H2,1-5H3,(H,29,37)(H2,30,32,33,34)/t18-/m0/s1. The number of amides is 2. The minimum absolute atomic E-state index is 0.236. The molecular formula is C28H38N8O3. The first-order valence-corrected chi connectivity index (χ1v) is 13.3. The number of anilines is 4. The van der Waals surface area contributed by atoms with Crippen LogP contribution in [0.25, 0.3) is 0 Å². The van der Waals surface area contributed by atoms with E-state index in [1.807, 2.05) is 12.1 Å². The second kappa shape index (κ2) is 12.2. The van der Waals surface area contributed by atoms with E-state index in [1.165, 1.54) is 10.5 Å². The molecule has 5 N–H and O–H groups in total. The van der Waals surface area contributed by atoms with Crippen LogP contribution in [0.1, 0.15) is 64.5 Å². The molecule has 0 spiro atoms. The van der Waals surface area contributed by atoms with Gasteiger partial charge in [-0.05, 0) is 70.7 Å². The first kappa shape index (κ1) is 28.0. The highest BCUT2D eigenvalue weighted by molar-refractivity contribution is 5.85. The van der Waals surface area contributed by atoms with Crippen LogP contribution >= 0.6 is 0 Å². The molecule has 1 aromatic heterocycles. The van der Waals surface area contributed by atoms with Crippen LogP contribution in [0, 0.1) is 11.8 Å². The Morgan fingerprint density at radius 2 is 2.08 bits per heavy atom. The number of ether oxygens (including phenoxy) is 1. The number of aromatic nitrogens is 2. The second-order valence-electron chi connectivity index (χ2n) is 10.8. The van der Waals surface area contributed by atoms with Gasteiger partial charge in [0.2, 0.25) is 11.9 Å². The third-order valence-corrected chi connectivity index (χ3v) is 6.21. The Kier molecular flexibility index (Phi) is 8.76. The molecule has 4 rings (SSSR count). The van der Waals surface area contributed by atoms with Crippen LogP contribution < -0.4 is 26.8 Å². The summed E-state index contributed by atoms with van der Waals surface area (Å²) >= 11 is 0. The summed E-state index contributed by atoms with van der Waals surface area (Å²) in [4.78, 5) is 35.1. The third kappa shape index (κ3) is 8.22. The number of unbranched alkanes of at least 4 members (excludes halogenated alkanes) is 1. The predicted octanol–water partition coefficient (Wildman–Crippen LogP) is 3.73. The Morgan fingerprint density at radius 3 is 2.82 bits per heavy atom. The quantitative estimate of drug-likeness (QED) is 0.241. The van der Waals surface area contributed by atoms with Gasteiger partial charge in [-0.2, -0.15) is 4.98 Å². The van der Waals surface area contributed by atoms with E-state index in [0.29, 0.717) is 31.4 Å². The topological polar surface area (TPSA) is 133 Å². The Balaban J connectivity index is 1.27. The molecule has 1 saturated carbocycles. The van der Waals surface area contributed by atoms with Gasteiger partial charge in [0.1, 0.15) is 17.5 Å². The number of carbonyl (C=O) groups is 2. The van der Waals surface area contributed by atoms with Crippen LogP contribution in [0.15, 0.2) is 24.4 Å². The van der Waals surface area contributed by atoms with Gasteiger partial charge in [-0.1, -0.05) is 11.8 Å². The van der Waals surface area contributed by atoms with Crippen molar-refractivity contribution in [2.45, 2.75) is 77.6 Å². The number of fused-ring (bicyclic) bond motifs is 1. The molecule has 11 heteroatoms. The molecule has 11 nitrogen and oxygen atoms in total. The van der Waals surface area contributed by atoms with Crippen LogP contribution in [-0.4, -0.2) is 58.1 Å². The number of likely N-dealkylation sites (N-methyl/N-ethyl adjacent to an activating group) is 1. The molecule has 1 atom stereocenters. The van der Waals surface area contributed by atoms with Gasteiger partial charge in [0.25, 0.3) is 0 Å². The molecule has 0 radical (unpaired) electrons. The maximum Gasteiger partial charge on any atom is 0.410 e. The number of rotatable bonds is 9. The zero-order valence-electron chi connectivity index (χ0n) is 23.3. The molecule has 0 unspecified atom stereocenters. The average Bonchev–Trinajstić information content (AvgIpc) is 3.58. The molecule has 2 aliphatic rings. The maximum atomic E-state index is 12.4. The van der Waals surface area contributed by atoms with E-state index in [1.54, 1.807) is 40.9 Å². The molecule has 0 saturated heterocycles. The maximum absolute atomic E-state index is 12.4. The zero-order chi connectivity index (χ0) is 28.0. The number of carbonyl (C=O) groups excluding carboxylic acids is 2. The van der Waals surface area contributed by atoms with Crippen molar-refractivity contribution in [2.75, 3.05) is 29.7 Å². The van der Waals surface area contributed by atoms with Crippen molar-refractivity contribution in [3.05, 3.63) is 35.5 Å². The molecule has 208 valence electrons. The monoisotopic (exact) mass is 534 g/mol. The smallest absolute Gasteiger partial charge is 0.410 e. The molecule has 2 heterocycles. The minimum Gasteiger partial charge on any atom is -0.444 e. The first-order valence-electron chi connectivity index (χ1n) is 13.3. The fraction of sp³-hybridized carbons (Fsp3) is 0.500. The summed E-state index contributed by atoms with van der Waals surface area (Å²) in [6.07, 6.45) is 4.71. The summed E-state index contributed by atoms with van der Waals surface area (Å²) < 4.78 is 5.33. The lowest BCUT2D eigenvalue weighted by Crippen LogP contribution is -2.47. The average molecular weight is 535 g/mol. The van der Waals surface area contributed by atoms with Crippen LogP contribution in [0.4, 0.5) is 27.9 Å². The third-order valence-electron chi connectivity index (χ3n) is 6.21. The highest BCUT2D eigenvalue weighted by Crippen LogP contribution is 2.28. The van der Waals surface area contributed by atoms with Gasteiger partial charge in [-0.15, -0.1) is 0 Å². The number of nitrogens with zero attached hydrogens (tertiary/aromatic N) is 3. The molecule has 0 bridgehead atoms. The lowest BCUT2D eigenvalue weighted by Gasteiger charge is -2.28. The van der Waals surface area contributed by atoms with Crippen molar-refractivity contribution in [1.29, 1.82) is 0 Å². The summed E-state index contributed by atoms with van der Waals surface area (Å²) in [6.45, 7) is 8.26. The van der Waals surface area contributed by atoms with Gasteiger partial charge in [0, 0.05) is 38.3 Å². The summed E-state index contributed by atoms with van der Waals surface area (Å²) in [5.74, 6) is 7.33. The lowest BCUT2D eigenvalue weighted by atomic mass is 10.2. The molecule has 39 heavy (non-hydrogen) atoms. The largest absolute Gasteiger partial charge is 0.444 e. The van der Waals surface area contributed by atoms with Gasteiger partial charge in [-0.3, -0.25) is 9.69 Å². The molecule has 1 aliphatic heterocycles. The van der Waals surface area contributed by atoms with Crippen molar-refractivity contribution in [1.82, 2.24) is 25.6 Å². The van der Waals surface area contributed by atoms with Gasteiger partial charge in [-0.25, -0.2) is 15.2 Å². The summed E-state index contributed by atoms with van der Waals surface area (Å²) in [7, 11) is 1.56. The summed E-state index contributed by atoms with van der Waals surface area (Å²) in [6, 6.07) is 5.85. The molecular weight excluding hydrogens is 496 g/mol.